The van der Waals surface area contributed by atoms with E-state index >= 15 is 0 Å². The molecular formula is C17H28ClN5O. The van der Waals surface area contributed by atoms with Gasteiger partial charge in [-0.25, -0.2) is 4.98 Å². The van der Waals surface area contributed by atoms with Crippen molar-refractivity contribution in [1.29, 1.82) is 0 Å². The summed E-state index contributed by atoms with van der Waals surface area (Å²) in [5.41, 5.74) is 1.21. The van der Waals surface area contributed by atoms with Crippen LogP contribution in [0.3, 0.4) is 0 Å². The van der Waals surface area contributed by atoms with Crippen molar-refractivity contribution in [2.24, 2.45) is 4.99 Å². The smallest absolute Gasteiger partial charge is 0.191 e. The minimum absolute atomic E-state index is 0.0570. The van der Waals surface area contributed by atoms with Gasteiger partial charge in [0.1, 0.15) is 5.15 Å². The highest BCUT2D eigenvalue weighted by molar-refractivity contribution is 6.29. The number of aliphatic imine (C=N–C) groups is 1. The molecule has 0 aliphatic carbocycles. The summed E-state index contributed by atoms with van der Waals surface area (Å²) in [5.74, 6) is 0.818. The molecule has 2 heterocycles. The molecule has 0 saturated carbocycles. The van der Waals surface area contributed by atoms with Gasteiger partial charge in [0.2, 0.25) is 0 Å². The molecule has 0 atom stereocenters. The largest absolute Gasteiger partial charge is 0.379 e. The standard InChI is InChI=1S/C17H28ClN5O/c1-17(2,23-8-10-24-11-9-23)13-22-16(19-3)20-7-6-14-4-5-15(18)21-12-14/h4-5,12H,6-11,13H2,1-3H3,(H2,19,20,22). The third kappa shape index (κ3) is 5.92. The van der Waals surface area contributed by atoms with Gasteiger partial charge in [-0.1, -0.05) is 17.7 Å². The Hall–Kier alpha value is -1.37. The van der Waals surface area contributed by atoms with E-state index in [0.717, 1.165) is 57.3 Å². The molecule has 1 fully saturated rings. The normalized spacial score (nSPS) is 16.9. The summed E-state index contributed by atoms with van der Waals surface area (Å²) in [4.78, 5) is 10.8. The van der Waals surface area contributed by atoms with E-state index < -0.39 is 0 Å². The van der Waals surface area contributed by atoms with Crippen molar-refractivity contribution in [3.05, 3.63) is 29.0 Å². The molecule has 24 heavy (non-hydrogen) atoms. The predicted molar refractivity (Wildman–Crippen MR) is 98.8 cm³/mol. The van der Waals surface area contributed by atoms with E-state index in [0.29, 0.717) is 5.15 Å². The van der Waals surface area contributed by atoms with Crippen LogP contribution >= 0.6 is 11.6 Å². The number of hydrogen-bond acceptors (Lipinski definition) is 4. The van der Waals surface area contributed by atoms with Crippen LogP contribution in [0.4, 0.5) is 0 Å². The maximum Gasteiger partial charge on any atom is 0.191 e. The van der Waals surface area contributed by atoms with Gasteiger partial charge in [-0.05, 0) is 31.9 Å². The molecule has 2 N–H and O–H groups in total. The fraction of sp³-hybridized carbons (Fsp3) is 0.647. The maximum atomic E-state index is 5.80. The first-order chi connectivity index (χ1) is 11.5. The topological polar surface area (TPSA) is 61.8 Å². The quantitative estimate of drug-likeness (QED) is 0.461. The molecular weight excluding hydrogens is 326 g/mol. The summed E-state index contributed by atoms with van der Waals surface area (Å²) in [6.45, 7) is 9.69. The monoisotopic (exact) mass is 353 g/mol. The zero-order chi connectivity index (χ0) is 17.4. The molecule has 0 unspecified atom stereocenters. The molecule has 0 radical (unpaired) electrons. The second-order valence-electron chi connectivity index (χ2n) is 6.50. The summed E-state index contributed by atoms with van der Waals surface area (Å²) in [6.07, 6.45) is 2.68. The van der Waals surface area contributed by atoms with E-state index in [4.69, 9.17) is 16.3 Å². The summed E-state index contributed by atoms with van der Waals surface area (Å²) in [6, 6.07) is 3.81. The summed E-state index contributed by atoms with van der Waals surface area (Å²) in [7, 11) is 1.79. The number of guanidine groups is 1. The van der Waals surface area contributed by atoms with Gasteiger partial charge in [-0.15, -0.1) is 0 Å². The minimum atomic E-state index is 0.0570. The number of rotatable bonds is 6. The summed E-state index contributed by atoms with van der Waals surface area (Å²) >= 11 is 5.80. The van der Waals surface area contributed by atoms with Crippen molar-refractivity contribution in [2.45, 2.75) is 25.8 Å². The molecule has 1 aromatic rings. The van der Waals surface area contributed by atoms with Crippen molar-refractivity contribution in [2.75, 3.05) is 46.4 Å². The van der Waals surface area contributed by atoms with Crippen LogP contribution in [-0.2, 0) is 11.2 Å². The first-order valence-electron chi connectivity index (χ1n) is 8.39. The number of nitrogens with zero attached hydrogens (tertiary/aromatic N) is 3. The Labute approximate surface area is 149 Å². The van der Waals surface area contributed by atoms with Crippen LogP contribution in [0.25, 0.3) is 0 Å². The number of halogens is 1. The van der Waals surface area contributed by atoms with Crippen LogP contribution in [0.5, 0.6) is 0 Å². The summed E-state index contributed by atoms with van der Waals surface area (Å²) < 4.78 is 5.43. The van der Waals surface area contributed by atoms with Crippen LogP contribution in [0.1, 0.15) is 19.4 Å². The Kier molecular flexibility index (Phi) is 7.27. The third-order valence-corrected chi connectivity index (χ3v) is 4.50. The molecule has 2 rings (SSSR count). The lowest BCUT2D eigenvalue weighted by molar-refractivity contribution is -0.00833. The Morgan fingerprint density at radius 3 is 2.71 bits per heavy atom. The Morgan fingerprint density at radius 1 is 1.33 bits per heavy atom. The van der Waals surface area contributed by atoms with Gasteiger partial charge in [-0.3, -0.25) is 9.89 Å². The molecule has 0 amide bonds. The van der Waals surface area contributed by atoms with Gasteiger partial charge in [-0.2, -0.15) is 0 Å². The van der Waals surface area contributed by atoms with Gasteiger partial charge in [0.05, 0.1) is 13.2 Å². The minimum Gasteiger partial charge on any atom is -0.379 e. The summed E-state index contributed by atoms with van der Waals surface area (Å²) in [5, 5.41) is 7.29. The highest BCUT2D eigenvalue weighted by Crippen LogP contribution is 2.14. The maximum absolute atomic E-state index is 5.80. The molecule has 1 aliphatic heterocycles. The molecule has 1 saturated heterocycles. The Bertz CT molecular complexity index is 526. The van der Waals surface area contributed by atoms with Crippen molar-refractivity contribution < 1.29 is 4.74 Å². The lowest BCUT2D eigenvalue weighted by atomic mass is 10.0. The second-order valence-corrected chi connectivity index (χ2v) is 6.89. The van der Waals surface area contributed by atoms with E-state index in [-0.39, 0.29) is 5.54 Å². The van der Waals surface area contributed by atoms with E-state index in [1.165, 1.54) is 0 Å². The fourth-order valence-electron chi connectivity index (χ4n) is 2.68. The van der Waals surface area contributed by atoms with Crippen LogP contribution in [-0.4, -0.2) is 67.8 Å². The number of nitrogens with one attached hydrogen (secondary N) is 2. The highest BCUT2D eigenvalue weighted by Gasteiger charge is 2.28. The molecule has 7 heteroatoms. The number of morpholine rings is 1. The molecule has 134 valence electrons. The zero-order valence-electron chi connectivity index (χ0n) is 14.8. The molecule has 6 nitrogen and oxygen atoms in total. The van der Waals surface area contributed by atoms with Crippen molar-refractivity contribution in [3.8, 4) is 0 Å². The van der Waals surface area contributed by atoms with Crippen LogP contribution < -0.4 is 10.6 Å². The third-order valence-electron chi connectivity index (χ3n) is 4.27. The first-order valence-corrected chi connectivity index (χ1v) is 8.77. The number of aromatic nitrogens is 1. The van der Waals surface area contributed by atoms with Gasteiger partial charge >= 0.3 is 0 Å². The van der Waals surface area contributed by atoms with E-state index in [1.807, 2.05) is 18.3 Å². The SMILES string of the molecule is CN=C(NCCc1ccc(Cl)nc1)NCC(C)(C)N1CCOCC1. The zero-order valence-corrected chi connectivity index (χ0v) is 15.6. The number of pyridine rings is 1. The van der Waals surface area contributed by atoms with Crippen molar-refractivity contribution >= 4 is 17.6 Å². The van der Waals surface area contributed by atoms with Crippen molar-refractivity contribution in [3.63, 3.8) is 0 Å². The average molecular weight is 354 g/mol. The predicted octanol–water partition coefficient (Wildman–Crippen LogP) is 1.55. The average Bonchev–Trinajstić information content (AvgIpc) is 2.60. The number of ether oxygens (including phenoxy) is 1. The molecule has 1 aromatic heterocycles. The lowest BCUT2D eigenvalue weighted by Crippen LogP contribution is -2.56. The number of hydrogen-bond donors (Lipinski definition) is 2. The van der Waals surface area contributed by atoms with Crippen LogP contribution in [0, 0.1) is 0 Å². The van der Waals surface area contributed by atoms with E-state index in [9.17, 15) is 0 Å². The second kappa shape index (κ2) is 9.20. The molecule has 0 spiro atoms. The Morgan fingerprint density at radius 2 is 2.08 bits per heavy atom. The Balaban J connectivity index is 1.74. The van der Waals surface area contributed by atoms with Crippen LogP contribution in [0.15, 0.2) is 23.3 Å². The lowest BCUT2D eigenvalue weighted by Gasteiger charge is -2.41. The van der Waals surface area contributed by atoms with E-state index in [1.54, 1.807) is 7.05 Å². The first kappa shape index (κ1) is 19.0. The fourth-order valence-corrected chi connectivity index (χ4v) is 2.79. The van der Waals surface area contributed by atoms with E-state index in [2.05, 4.69) is 39.4 Å². The van der Waals surface area contributed by atoms with Gasteiger partial charge in [0, 0.05) is 45.0 Å². The van der Waals surface area contributed by atoms with Crippen LogP contribution in [0.2, 0.25) is 5.15 Å². The highest BCUT2D eigenvalue weighted by atomic mass is 35.5. The van der Waals surface area contributed by atoms with Gasteiger partial charge in [0.25, 0.3) is 0 Å². The van der Waals surface area contributed by atoms with Crippen molar-refractivity contribution in [1.82, 2.24) is 20.5 Å². The molecule has 0 aromatic carbocycles. The van der Waals surface area contributed by atoms with Gasteiger partial charge in [0.15, 0.2) is 5.96 Å². The van der Waals surface area contributed by atoms with Gasteiger partial charge < -0.3 is 15.4 Å². The molecule has 1 aliphatic rings. The molecule has 0 bridgehead atoms.